The van der Waals surface area contributed by atoms with Crippen molar-refractivity contribution in [3.05, 3.63) is 65.7 Å². The zero-order chi connectivity index (χ0) is 20.1. The molecule has 27 heavy (non-hydrogen) atoms. The zero-order valence-electron chi connectivity index (χ0n) is 14.1. The summed E-state index contributed by atoms with van der Waals surface area (Å²) < 4.78 is 63.4. The summed E-state index contributed by atoms with van der Waals surface area (Å²) in [6.07, 6.45) is -2.77. The molecule has 6 nitrogen and oxygen atoms in total. The van der Waals surface area contributed by atoms with Gasteiger partial charge >= 0.3 is 6.18 Å². The van der Waals surface area contributed by atoms with Gasteiger partial charge in [-0.1, -0.05) is 36.4 Å². The minimum atomic E-state index is -4.56. The van der Waals surface area contributed by atoms with E-state index >= 15 is 0 Å². The van der Waals surface area contributed by atoms with Gasteiger partial charge in [0.1, 0.15) is 6.54 Å². The molecule has 144 valence electrons. The number of carbonyl (C=O) groups excluding carboxylic acids is 1. The molecule has 0 saturated carbocycles. The Hall–Kier alpha value is -2.88. The summed E-state index contributed by atoms with van der Waals surface area (Å²) in [4.78, 5) is 12.0. The van der Waals surface area contributed by atoms with Crippen molar-refractivity contribution in [2.75, 3.05) is 17.1 Å². The van der Waals surface area contributed by atoms with E-state index < -0.39 is 34.2 Å². The predicted octanol–water partition coefficient (Wildman–Crippen LogP) is 2.62. The van der Waals surface area contributed by atoms with Crippen molar-refractivity contribution in [3.8, 4) is 0 Å². The number of amides is 1. The van der Waals surface area contributed by atoms with E-state index in [2.05, 4.69) is 5.10 Å². The molecule has 1 N–H and O–H groups in total. The summed E-state index contributed by atoms with van der Waals surface area (Å²) in [5.74, 6) is -0.801. The highest BCUT2D eigenvalue weighted by atomic mass is 32.2. The summed E-state index contributed by atoms with van der Waals surface area (Å²) in [5, 5.41) is 3.50. The van der Waals surface area contributed by atoms with Crippen molar-refractivity contribution >= 4 is 27.8 Å². The number of hydrazone groups is 1. The molecule has 0 heterocycles. The van der Waals surface area contributed by atoms with Crippen LogP contribution in [-0.2, 0) is 21.0 Å². The number of para-hydroxylation sites is 1. The van der Waals surface area contributed by atoms with Gasteiger partial charge in [-0.15, -0.1) is 0 Å². The van der Waals surface area contributed by atoms with Gasteiger partial charge in [-0.05, 0) is 18.2 Å². The number of sulfonamides is 1. The van der Waals surface area contributed by atoms with Gasteiger partial charge in [0.15, 0.2) is 0 Å². The Morgan fingerprint density at radius 2 is 1.70 bits per heavy atom. The summed E-state index contributed by atoms with van der Waals surface area (Å²) in [6.45, 7) is -0.568. The van der Waals surface area contributed by atoms with Crippen LogP contribution in [0.25, 0.3) is 0 Å². The highest BCUT2D eigenvalue weighted by Crippen LogP contribution is 2.31. The van der Waals surface area contributed by atoms with E-state index in [9.17, 15) is 26.4 Å². The van der Waals surface area contributed by atoms with Crippen LogP contribution in [0.4, 0.5) is 18.9 Å². The maximum Gasteiger partial charge on any atom is 0.417 e. The molecular weight excluding hydrogens is 383 g/mol. The van der Waals surface area contributed by atoms with Crippen molar-refractivity contribution in [2.24, 2.45) is 5.10 Å². The van der Waals surface area contributed by atoms with Gasteiger partial charge < -0.3 is 0 Å². The highest BCUT2D eigenvalue weighted by molar-refractivity contribution is 7.92. The Labute approximate surface area is 154 Å². The van der Waals surface area contributed by atoms with E-state index in [1.807, 2.05) is 5.43 Å². The summed E-state index contributed by atoms with van der Waals surface area (Å²) in [7, 11) is -3.74. The number of anilines is 1. The van der Waals surface area contributed by atoms with Gasteiger partial charge in [-0.2, -0.15) is 18.3 Å². The molecule has 10 heteroatoms. The first kappa shape index (κ1) is 20.4. The minimum absolute atomic E-state index is 0.228. The molecule has 2 aromatic carbocycles. The van der Waals surface area contributed by atoms with Crippen LogP contribution in [0.1, 0.15) is 11.1 Å². The Balaban J connectivity index is 2.11. The molecule has 1 amide bonds. The monoisotopic (exact) mass is 399 g/mol. The van der Waals surface area contributed by atoms with Crippen LogP contribution >= 0.6 is 0 Å². The minimum Gasteiger partial charge on any atom is -0.271 e. The molecule has 0 aliphatic carbocycles. The number of nitrogens with one attached hydrogen (secondary N) is 1. The van der Waals surface area contributed by atoms with Gasteiger partial charge in [0.25, 0.3) is 5.91 Å². The standard InChI is InChI=1S/C17H16F3N3O3S/c1-27(25,26)23(14-8-3-2-4-9-14)12-16(24)22-21-11-13-7-5-6-10-15(13)17(18,19)20/h2-11H,12H2,1H3,(H,22,24)/b21-11+. The zero-order valence-corrected chi connectivity index (χ0v) is 15.0. The Morgan fingerprint density at radius 3 is 2.30 bits per heavy atom. The number of carbonyl (C=O) groups is 1. The van der Waals surface area contributed by atoms with Crippen molar-refractivity contribution in [1.82, 2.24) is 5.43 Å². The largest absolute Gasteiger partial charge is 0.417 e. The molecule has 0 unspecified atom stereocenters. The number of hydrogen-bond donors (Lipinski definition) is 1. The average Bonchev–Trinajstić information content (AvgIpc) is 2.59. The van der Waals surface area contributed by atoms with E-state index in [0.717, 1.165) is 22.8 Å². The van der Waals surface area contributed by atoms with Gasteiger partial charge in [-0.3, -0.25) is 9.10 Å². The number of hydrogen-bond acceptors (Lipinski definition) is 4. The summed E-state index contributed by atoms with van der Waals surface area (Å²) in [6, 6.07) is 12.7. The SMILES string of the molecule is CS(=O)(=O)N(CC(=O)N/N=C/c1ccccc1C(F)(F)F)c1ccccc1. The first-order valence-electron chi connectivity index (χ1n) is 7.60. The van der Waals surface area contributed by atoms with Crippen LogP contribution in [0.2, 0.25) is 0 Å². The lowest BCUT2D eigenvalue weighted by Crippen LogP contribution is -2.39. The molecule has 0 fully saturated rings. The fourth-order valence-electron chi connectivity index (χ4n) is 2.20. The molecule has 2 aromatic rings. The van der Waals surface area contributed by atoms with Crippen molar-refractivity contribution < 1.29 is 26.4 Å². The Bertz CT molecular complexity index is 929. The van der Waals surface area contributed by atoms with Crippen LogP contribution in [0.5, 0.6) is 0 Å². The van der Waals surface area contributed by atoms with E-state index in [0.29, 0.717) is 0 Å². The average molecular weight is 399 g/mol. The molecule has 0 saturated heterocycles. The second kappa shape index (κ2) is 8.21. The molecule has 0 spiro atoms. The van der Waals surface area contributed by atoms with Crippen molar-refractivity contribution in [3.63, 3.8) is 0 Å². The molecule has 0 radical (unpaired) electrons. The van der Waals surface area contributed by atoms with Gasteiger partial charge in [0.05, 0.1) is 23.7 Å². The van der Waals surface area contributed by atoms with Crippen LogP contribution in [0.3, 0.4) is 0 Å². The third-order valence-electron chi connectivity index (χ3n) is 3.39. The second-order valence-corrected chi connectivity index (χ2v) is 7.39. The summed E-state index contributed by atoms with van der Waals surface area (Å²) in [5.41, 5.74) is 1.19. The van der Waals surface area contributed by atoms with Gasteiger partial charge in [0, 0.05) is 5.56 Å². The van der Waals surface area contributed by atoms with Gasteiger partial charge in [0.2, 0.25) is 10.0 Å². The van der Waals surface area contributed by atoms with Crippen molar-refractivity contribution in [1.29, 1.82) is 0 Å². The molecule has 2 rings (SSSR count). The number of alkyl halides is 3. The Morgan fingerprint density at radius 1 is 1.11 bits per heavy atom. The third kappa shape index (κ3) is 5.81. The predicted molar refractivity (Wildman–Crippen MR) is 95.8 cm³/mol. The van der Waals surface area contributed by atoms with Crippen molar-refractivity contribution in [2.45, 2.75) is 6.18 Å². The van der Waals surface area contributed by atoms with Crippen LogP contribution in [-0.4, -0.2) is 33.3 Å². The molecule has 0 atom stereocenters. The Kier molecular flexibility index (Phi) is 6.21. The number of rotatable bonds is 6. The van der Waals surface area contributed by atoms with E-state index in [-0.39, 0.29) is 11.3 Å². The van der Waals surface area contributed by atoms with Crippen LogP contribution < -0.4 is 9.73 Å². The first-order chi connectivity index (χ1) is 12.6. The third-order valence-corrected chi connectivity index (χ3v) is 4.53. The molecule has 0 bridgehead atoms. The molecule has 0 aliphatic rings. The lowest BCUT2D eigenvalue weighted by atomic mass is 10.1. The lowest BCUT2D eigenvalue weighted by Gasteiger charge is -2.21. The molecule has 0 aromatic heterocycles. The maximum absolute atomic E-state index is 12.9. The van der Waals surface area contributed by atoms with E-state index in [1.165, 1.54) is 30.3 Å². The second-order valence-electron chi connectivity index (χ2n) is 5.48. The quantitative estimate of drug-likeness (QED) is 0.599. The van der Waals surface area contributed by atoms with Crippen LogP contribution in [0, 0.1) is 0 Å². The fraction of sp³-hybridized carbons (Fsp3) is 0.176. The molecule has 0 aliphatic heterocycles. The lowest BCUT2D eigenvalue weighted by molar-refractivity contribution is -0.137. The highest BCUT2D eigenvalue weighted by Gasteiger charge is 2.32. The van der Waals surface area contributed by atoms with Gasteiger partial charge in [-0.25, -0.2) is 13.8 Å². The topological polar surface area (TPSA) is 78.8 Å². The van der Waals surface area contributed by atoms with E-state index in [4.69, 9.17) is 0 Å². The maximum atomic E-state index is 12.9. The smallest absolute Gasteiger partial charge is 0.271 e. The normalized spacial score (nSPS) is 12.1. The van der Waals surface area contributed by atoms with E-state index in [1.54, 1.807) is 18.2 Å². The number of halogens is 3. The number of nitrogens with zero attached hydrogens (tertiary/aromatic N) is 2. The number of benzene rings is 2. The van der Waals surface area contributed by atoms with Crippen LogP contribution in [0.15, 0.2) is 59.7 Å². The summed E-state index contributed by atoms with van der Waals surface area (Å²) >= 11 is 0. The molecular formula is C17H16F3N3O3S. The first-order valence-corrected chi connectivity index (χ1v) is 9.45. The fourth-order valence-corrected chi connectivity index (χ4v) is 3.06.